The number of ether oxygens (including phenoxy) is 1. The lowest BCUT2D eigenvalue weighted by atomic mass is 9.97. The molecule has 1 aromatic rings. The van der Waals surface area contributed by atoms with Crippen LogP contribution in [0.25, 0.3) is 0 Å². The van der Waals surface area contributed by atoms with Crippen LogP contribution in [-0.4, -0.2) is 36.5 Å². The van der Waals surface area contributed by atoms with Crippen LogP contribution in [0.15, 0.2) is 30.0 Å². The van der Waals surface area contributed by atoms with Crippen LogP contribution < -0.4 is 5.32 Å². The first-order chi connectivity index (χ1) is 12.4. The SMILES string of the molecule is CCOC(=O)C1CCN(/C=C(/C#N)C(=O)Nc2cc(Cl)ccc2Cl)CC1. The number of hydrogen-bond donors (Lipinski definition) is 1. The van der Waals surface area contributed by atoms with E-state index in [0.717, 1.165) is 0 Å². The van der Waals surface area contributed by atoms with E-state index in [0.29, 0.717) is 48.3 Å². The van der Waals surface area contributed by atoms with Crippen molar-refractivity contribution in [3.05, 3.63) is 40.0 Å². The van der Waals surface area contributed by atoms with Crippen molar-refractivity contribution in [2.45, 2.75) is 19.8 Å². The molecule has 8 heteroatoms. The number of piperidine rings is 1. The van der Waals surface area contributed by atoms with Crippen LogP contribution in [0.5, 0.6) is 0 Å². The van der Waals surface area contributed by atoms with Crippen molar-refractivity contribution in [2.24, 2.45) is 5.92 Å². The highest BCUT2D eigenvalue weighted by Gasteiger charge is 2.25. The van der Waals surface area contributed by atoms with E-state index in [4.69, 9.17) is 27.9 Å². The molecule has 1 heterocycles. The topological polar surface area (TPSA) is 82.4 Å². The van der Waals surface area contributed by atoms with Gasteiger partial charge in [0.1, 0.15) is 11.6 Å². The van der Waals surface area contributed by atoms with E-state index in [-0.39, 0.29) is 17.5 Å². The maximum Gasteiger partial charge on any atom is 0.309 e. The number of hydrogen-bond acceptors (Lipinski definition) is 5. The molecule has 0 aliphatic carbocycles. The zero-order valence-corrected chi connectivity index (χ0v) is 15.8. The van der Waals surface area contributed by atoms with Crippen LogP contribution in [0.1, 0.15) is 19.8 Å². The summed E-state index contributed by atoms with van der Waals surface area (Å²) in [6.07, 6.45) is 2.75. The minimum atomic E-state index is -0.566. The fraction of sp³-hybridized carbons (Fsp3) is 0.389. The summed E-state index contributed by atoms with van der Waals surface area (Å²) >= 11 is 11.9. The van der Waals surface area contributed by atoms with Crippen molar-refractivity contribution >= 4 is 40.8 Å². The number of likely N-dealkylation sites (tertiary alicyclic amines) is 1. The first-order valence-electron chi connectivity index (χ1n) is 8.23. The quantitative estimate of drug-likeness (QED) is 0.467. The smallest absolute Gasteiger partial charge is 0.309 e. The maximum atomic E-state index is 12.3. The monoisotopic (exact) mass is 395 g/mol. The van der Waals surface area contributed by atoms with Crippen molar-refractivity contribution in [1.29, 1.82) is 5.26 Å². The van der Waals surface area contributed by atoms with Crippen molar-refractivity contribution in [3.8, 4) is 6.07 Å². The van der Waals surface area contributed by atoms with Crippen LogP contribution in [0.4, 0.5) is 5.69 Å². The largest absolute Gasteiger partial charge is 0.466 e. The van der Waals surface area contributed by atoms with Gasteiger partial charge >= 0.3 is 5.97 Å². The van der Waals surface area contributed by atoms with E-state index in [1.54, 1.807) is 19.1 Å². The molecule has 1 aromatic carbocycles. The van der Waals surface area contributed by atoms with Gasteiger partial charge in [0.25, 0.3) is 5.91 Å². The molecule has 1 N–H and O–H groups in total. The Morgan fingerprint density at radius 1 is 1.38 bits per heavy atom. The molecule has 1 fully saturated rings. The molecule has 0 spiro atoms. The zero-order valence-electron chi connectivity index (χ0n) is 14.3. The predicted octanol–water partition coefficient (Wildman–Crippen LogP) is 3.61. The minimum Gasteiger partial charge on any atom is -0.466 e. The Kier molecular flexibility index (Phi) is 7.31. The van der Waals surface area contributed by atoms with Crippen LogP contribution in [-0.2, 0) is 14.3 Å². The molecule has 6 nitrogen and oxygen atoms in total. The highest BCUT2D eigenvalue weighted by Crippen LogP contribution is 2.26. The number of nitriles is 1. The molecular weight excluding hydrogens is 377 g/mol. The van der Waals surface area contributed by atoms with E-state index in [1.165, 1.54) is 12.3 Å². The van der Waals surface area contributed by atoms with Gasteiger partial charge in [0.05, 0.1) is 23.2 Å². The highest BCUT2D eigenvalue weighted by molar-refractivity contribution is 6.35. The Morgan fingerprint density at radius 2 is 2.08 bits per heavy atom. The number of carbonyl (C=O) groups is 2. The lowest BCUT2D eigenvalue weighted by molar-refractivity contribution is -0.149. The summed E-state index contributed by atoms with van der Waals surface area (Å²) in [7, 11) is 0. The second-order valence-corrected chi connectivity index (χ2v) is 6.64. The molecule has 1 saturated heterocycles. The van der Waals surface area contributed by atoms with Gasteiger partial charge in [0.2, 0.25) is 0 Å². The minimum absolute atomic E-state index is 0.0457. The lowest BCUT2D eigenvalue weighted by Crippen LogP contribution is -2.34. The van der Waals surface area contributed by atoms with Crippen molar-refractivity contribution in [3.63, 3.8) is 0 Å². The normalized spacial score (nSPS) is 15.3. The van der Waals surface area contributed by atoms with Gasteiger partial charge in [-0.05, 0) is 38.0 Å². The van der Waals surface area contributed by atoms with Crippen molar-refractivity contribution < 1.29 is 14.3 Å². The molecular formula is C18H19Cl2N3O3. The summed E-state index contributed by atoms with van der Waals surface area (Å²) in [6, 6.07) is 6.58. The summed E-state index contributed by atoms with van der Waals surface area (Å²) in [5.41, 5.74) is 0.293. The third-order valence-electron chi connectivity index (χ3n) is 4.00. The van der Waals surface area contributed by atoms with Gasteiger partial charge in [-0.15, -0.1) is 0 Å². The number of carbonyl (C=O) groups excluding carboxylic acids is 2. The van der Waals surface area contributed by atoms with Gasteiger partial charge in [-0.25, -0.2) is 0 Å². The van der Waals surface area contributed by atoms with Crippen LogP contribution in [0, 0.1) is 17.2 Å². The Balaban J connectivity index is 2.00. The number of rotatable bonds is 5. The number of amides is 1. The number of esters is 1. The van der Waals surface area contributed by atoms with Gasteiger partial charge in [0, 0.05) is 24.3 Å². The fourth-order valence-electron chi connectivity index (χ4n) is 2.63. The Morgan fingerprint density at radius 3 is 2.69 bits per heavy atom. The number of nitrogens with one attached hydrogen (secondary N) is 1. The van der Waals surface area contributed by atoms with E-state index in [1.807, 2.05) is 11.0 Å². The molecule has 0 unspecified atom stereocenters. The molecule has 1 aliphatic rings. The van der Waals surface area contributed by atoms with Gasteiger partial charge < -0.3 is 15.0 Å². The summed E-state index contributed by atoms with van der Waals surface area (Å²) in [6.45, 7) is 3.28. The Bertz CT molecular complexity index is 751. The van der Waals surface area contributed by atoms with E-state index in [2.05, 4.69) is 5.32 Å². The Labute approximate surface area is 162 Å². The number of benzene rings is 1. The molecule has 1 amide bonds. The first-order valence-corrected chi connectivity index (χ1v) is 8.99. The van der Waals surface area contributed by atoms with Gasteiger partial charge in [-0.2, -0.15) is 5.26 Å². The second kappa shape index (κ2) is 9.46. The van der Waals surface area contributed by atoms with E-state index in [9.17, 15) is 14.9 Å². The summed E-state index contributed by atoms with van der Waals surface area (Å²) in [5, 5.41) is 12.6. The van der Waals surface area contributed by atoms with Gasteiger partial charge in [-0.1, -0.05) is 23.2 Å². The maximum absolute atomic E-state index is 12.3. The van der Waals surface area contributed by atoms with E-state index >= 15 is 0 Å². The van der Waals surface area contributed by atoms with Crippen molar-refractivity contribution in [2.75, 3.05) is 25.0 Å². The average Bonchev–Trinajstić information content (AvgIpc) is 2.63. The highest BCUT2D eigenvalue weighted by atomic mass is 35.5. The summed E-state index contributed by atoms with van der Waals surface area (Å²) in [5.74, 6) is -0.890. The second-order valence-electron chi connectivity index (χ2n) is 5.80. The molecule has 0 atom stereocenters. The van der Waals surface area contributed by atoms with Crippen LogP contribution in [0.3, 0.4) is 0 Å². The molecule has 0 radical (unpaired) electrons. The van der Waals surface area contributed by atoms with E-state index < -0.39 is 5.91 Å². The van der Waals surface area contributed by atoms with Crippen LogP contribution >= 0.6 is 23.2 Å². The predicted molar refractivity (Wildman–Crippen MR) is 99.7 cm³/mol. The average molecular weight is 396 g/mol. The number of anilines is 1. The zero-order chi connectivity index (χ0) is 19.1. The third-order valence-corrected chi connectivity index (χ3v) is 4.57. The first kappa shape index (κ1) is 20.1. The molecule has 26 heavy (non-hydrogen) atoms. The van der Waals surface area contributed by atoms with Crippen LogP contribution in [0.2, 0.25) is 10.0 Å². The molecule has 2 rings (SSSR count). The molecule has 1 aliphatic heterocycles. The molecule has 0 saturated carbocycles. The third kappa shape index (κ3) is 5.38. The molecule has 138 valence electrons. The number of halogens is 2. The molecule has 0 aromatic heterocycles. The Hall–Kier alpha value is -2.23. The molecule has 0 bridgehead atoms. The van der Waals surface area contributed by atoms with Crippen molar-refractivity contribution in [1.82, 2.24) is 4.90 Å². The van der Waals surface area contributed by atoms with Gasteiger partial charge in [0.15, 0.2) is 0 Å². The standard InChI is InChI=1S/C18H19Cl2N3O3/c1-2-26-18(25)12-5-7-23(8-6-12)11-13(10-21)17(24)22-16-9-14(19)3-4-15(16)20/h3-4,9,11-12H,2,5-8H2,1H3,(H,22,24)/b13-11-. The summed E-state index contributed by atoms with van der Waals surface area (Å²) in [4.78, 5) is 25.9. The number of nitrogens with zero attached hydrogens (tertiary/aromatic N) is 2. The fourth-order valence-corrected chi connectivity index (χ4v) is 2.97. The van der Waals surface area contributed by atoms with Gasteiger partial charge in [-0.3, -0.25) is 9.59 Å². The lowest BCUT2D eigenvalue weighted by Gasteiger charge is -2.30. The summed E-state index contributed by atoms with van der Waals surface area (Å²) < 4.78 is 5.03.